The van der Waals surface area contributed by atoms with E-state index in [1.807, 2.05) is 0 Å². The fourth-order valence-corrected chi connectivity index (χ4v) is 3.03. The predicted octanol–water partition coefficient (Wildman–Crippen LogP) is 0.674. The van der Waals surface area contributed by atoms with Crippen molar-refractivity contribution in [2.24, 2.45) is 17.8 Å². The van der Waals surface area contributed by atoms with Crippen LogP contribution in [-0.4, -0.2) is 23.2 Å². The van der Waals surface area contributed by atoms with E-state index in [-0.39, 0.29) is 18.1 Å². The van der Waals surface area contributed by atoms with Crippen molar-refractivity contribution >= 4 is 5.91 Å². The fraction of sp³-hybridized carbons (Fsp3) is 0.909. The number of carbonyl (C=O) groups excluding carboxylic acids is 1. The van der Waals surface area contributed by atoms with Crippen LogP contribution in [0.5, 0.6) is 0 Å². The molecule has 78 valence electrons. The minimum Gasteiger partial charge on any atom is -0.394 e. The highest BCUT2D eigenvalue weighted by molar-refractivity contribution is 5.83. The van der Waals surface area contributed by atoms with Crippen LogP contribution in [-0.2, 0) is 4.79 Å². The monoisotopic (exact) mass is 195 g/mol. The van der Waals surface area contributed by atoms with Crippen molar-refractivity contribution in [1.29, 1.82) is 0 Å². The van der Waals surface area contributed by atoms with Crippen LogP contribution in [0.2, 0.25) is 0 Å². The normalized spacial score (nSPS) is 41.6. The molecule has 3 aliphatic carbocycles. The summed E-state index contributed by atoms with van der Waals surface area (Å²) in [6.07, 6.45) is 5.71. The van der Waals surface area contributed by atoms with Crippen LogP contribution < -0.4 is 5.32 Å². The summed E-state index contributed by atoms with van der Waals surface area (Å²) in [7, 11) is 0. The molecule has 0 aromatic rings. The number of hydrogen-bond acceptors (Lipinski definition) is 2. The third-order valence-corrected chi connectivity index (χ3v) is 4.25. The number of rotatable bonds is 3. The highest BCUT2D eigenvalue weighted by atomic mass is 16.3. The first-order valence-electron chi connectivity index (χ1n) is 5.69. The molecule has 0 aromatic heterocycles. The Morgan fingerprint density at radius 2 is 2.00 bits per heavy atom. The van der Waals surface area contributed by atoms with Crippen LogP contribution in [0.4, 0.5) is 0 Å². The van der Waals surface area contributed by atoms with Gasteiger partial charge >= 0.3 is 0 Å². The van der Waals surface area contributed by atoms with Crippen molar-refractivity contribution in [2.45, 2.75) is 37.6 Å². The summed E-state index contributed by atoms with van der Waals surface area (Å²) < 4.78 is 0. The summed E-state index contributed by atoms with van der Waals surface area (Å²) in [6.45, 7) is 0.112. The highest BCUT2D eigenvalue weighted by Crippen LogP contribution is 2.57. The first-order chi connectivity index (χ1) is 6.76. The molecule has 3 fully saturated rings. The Balaban J connectivity index is 1.57. The molecule has 0 radical (unpaired) electrons. The lowest BCUT2D eigenvalue weighted by atomic mass is 10.1. The number of hydrogen-bond donors (Lipinski definition) is 2. The number of carbonyl (C=O) groups is 1. The van der Waals surface area contributed by atoms with Gasteiger partial charge in [0.25, 0.3) is 0 Å². The molecule has 0 aliphatic heterocycles. The molecule has 0 bridgehead atoms. The lowest BCUT2D eigenvalue weighted by Gasteiger charge is -2.14. The summed E-state index contributed by atoms with van der Waals surface area (Å²) in [5.41, 5.74) is -0.214. The molecule has 3 nitrogen and oxygen atoms in total. The Morgan fingerprint density at radius 1 is 1.36 bits per heavy atom. The van der Waals surface area contributed by atoms with Crippen LogP contribution in [0.1, 0.15) is 32.1 Å². The molecule has 2 atom stereocenters. The van der Waals surface area contributed by atoms with E-state index < -0.39 is 0 Å². The van der Waals surface area contributed by atoms with E-state index in [1.54, 1.807) is 0 Å². The van der Waals surface area contributed by atoms with Crippen LogP contribution in [0.15, 0.2) is 0 Å². The molecule has 14 heavy (non-hydrogen) atoms. The number of nitrogens with one attached hydrogen (secondary N) is 1. The Hall–Kier alpha value is -0.570. The maximum Gasteiger partial charge on any atom is 0.224 e. The van der Waals surface area contributed by atoms with Crippen LogP contribution in [0.25, 0.3) is 0 Å². The predicted molar refractivity (Wildman–Crippen MR) is 51.5 cm³/mol. The molecule has 3 aliphatic rings. The van der Waals surface area contributed by atoms with Crippen molar-refractivity contribution in [3.05, 3.63) is 0 Å². The van der Waals surface area contributed by atoms with Gasteiger partial charge in [-0.05, 0) is 37.5 Å². The lowest BCUT2D eigenvalue weighted by molar-refractivity contribution is -0.124. The van der Waals surface area contributed by atoms with Crippen LogP contribution in [0.3, 0.4) is 0 Å². The number of aliphatic hydroxyl groups excluding tert-OH is 1. The van der Waals surface area contributed by atoms with E-state index in [4.69, 9.17) is 5.11 Å². The smallest absolute Gasteiger partial charge is 0.224 e. The van der Waals surface area contributed by atoms with Gasteiger partial charge in [-0.3, -0.25) is 4.79 Å². The van der Waals surface area contributed by atoms with E-state index in [0.717, 1.165) is 12.8 Å². The van der Waals surface area contributed by atoms with Crippen molar-refractivity contribution in [1.82, 2.24) is 5.32 Å². The summed E-state index contributed by atoms with van der Waals surface area (Å²) in [5, 5.41) is 12.1. The molecule has 3 heteroatoms. The Bertz CT molecular complexity index is 262. The quantitative estimate of drug-likeness (QED) is 0.695. The average Bonchev–Trinajstić information content (AvgIpc) is 3.06. The summed E-state index contributed by atoms with van der Waals surface area (Å²) >= 11 is 0. The van der Waals surface area contributed by atoms with Gasteiger partial charge in [0.2, 0.25) is 5.91 Å². The zero-order chi connectivity index (χ0) is 9.76. The summed E-state index contributed by atoms with van der Waals surface area (Å²) in [6, 6.07) is 0. The molecular weight excluding hydrogens is 178 g/mol. The first-order valence-corrected chi connectivity index (χ1v) is 5.69. The van der Waals surface area contributed by atoms with Crippen LogP contribution in [0, 0.1) is 17.8 Å². The molecule has 3 rings (SSSR count). The van der Waals surface area contributed by atoms with Gasteiger partial charge in [0.1, 0.15) is 0 Å². The van der Waals surface area contributed by atoms with E-state index in [2.05, 4.69) is 5.32 Å². The Labute approximate surface area is 83.9 Å². The van der Waals surface area contributed by atoms with E-state index in [0.29, 0.717) is 17.8 Å². The minimum atomic E-state index is -0.214. The van der Waals surface area contributed by atoms with Crippen molar-refractivity contribution < 1.29 is 9.90 Å². The topological polar surface area (TPSA) is 49.3 Å². The SMILES string of the molecule is O=C(NC1(CO)CC1)C1C2CCCC21. The molecule has 0 aromatic carbocycles. The Kier molecular flexibility index (Phi) is 1.69. The second kappa shape index (κ2) is 2.72. The zero-order valence-corrected chi connectivity index (χ0v) is 8.33. The molecule has 0 saturated heterocycles. The van der Waals surface area contributed by atoms with Crippen molar-refractivity contribution in [3.63, 3.8) is 0 Å². The summed E-state index contributed by atoms with van der Waals surface area (Å²) in [5.74, 6) is 1.88. The first kappa shape index (κ1) is 8.72. The second-order valence-corrected chi connectivity index (χ2v) is 5.21. The minimum absolute atomic E-state index is 0.112. The largest absolute Gasteiger partial charge is 0.394 e. The lowest BCUT2D eigenvalue weighted by Crippen LogP contribution is -2.41. The van der Waals surface area contributed by atoms with Gasteiger partial charge in [-0.1, -0.05) is 6.42 Å². The van der Waals surface area contributed by atoms with Crippen molar-refractivity contribution in [2.75, 3.05) is 6.61 Å². The maximum absolute atomic E-state index is 11.8. The Morgan fingerprint density at radius 3 is 2.50 bits per heavy atom. The maximum atomic E-state index is 11.8. The van der Waals surface area contributed by atoms with Gasteiger partial charge in [0, 0.05) is 5.92 Å². The molecular formula is C11H17NO2. The number of aliphatic hydroxyl groups is 1. The highest BCUT2D eigenvalue weighted by Gasteiger charge is 2.58. The number of fused-ring (bicyclic) bond motifs is 1. The van der Waals surface area contributed by atoms with Crippen LogP contribution >= 0.6 is 0 Å². The average molecular weight is 195 g/mol. The van der Waals surface area contributed by atoms with Crippen molar-refractivity contribution in [3.8, 4) is 0 Å². The standard InChI is InChI=1S/C11H17NO2/c13-6-11(4-5-11)12-10(14)9-7-2-1-3-8(7)9/h7-9,13H,1-6H2,(H,12,14). The molecule has 3 saturated carbocycles. The van der Waals surface area contributed by atoms with Gasteiger partial charge in [0.15, 0.2) is 0 Å². The molecule has 2 unspecified atom stereocenters. The fourth-order valence-electron chi connectivity index (χ4n) is 3.03. The van der Waals surface area contributed by atoms with Gasteiger partial charge < -0.3 is 10.4 Å². The summed E-state index contributed by atoms with van der Waals surface area (Å²) in [4.78, 5) is 11.8. The van der Waals surface area contributed by atoms with Gasteiger partial charge in [0.05, 0.1) is 12.1 Å². The van der Waals surface area contributed by atoms with E-state index >= 15 is 0 Å². The molecule has 0 heterocycles. The zero-order valence-electron chi connectivity index (χ0n) is 8.33. The molecule has 1 amide bonds. The second-order valence-electron chi connectivity index (χ2n) is 5.21. The van der Waals surface area contributed by atoms with Gasteiger partial charge in [-0.25, -0.2) is 0 Å². The van der Waals surface area contributed by atoms with E-state index in [1.165, 1.54) is 19.3 Å². The third-order valence-electron chi connectivity index (χ3n) is 4.25. The number of amides is 1. The van der Waals surface area contributed by atoms with Gasteiger partial charge in [-0.15, -0.1) is 0 Å². The van der Waals surface area contributed by atoms with Gasteiger partial charge in [-0.2, -0.15) is 0 Å². The molecule has 2 N–H and O–H groups in total. The van der Waals surface area contributed by atoms with E-state index in [9.17, 15) is 4.79 Å². The molecule has 0 spiro atoms. The third kappa shape index (κ3) is 1.18.